The molecule has 3 rings (SSSR count). The molecule has 182 valence electrons. The summed E-state index contributed by atoms with van der Waals surface area (Å²) in [5, 5.41) is 2.99. The average molecular weight is 482 g/mol. The molecule has 0 radical (unpaired) electrons. The lowest BCUT2D eigenvalue weighted by atomic mass is 10.1. The number of hydrogen-bond donors (Lipinski definition) is 2. The van der Waals surface area contributed by atoms with Crippen molar-refractivity contribution in [3.8, 4) is 0 Å². The van der Waals surface area contributed by atoms with E-state index in [4.69, 9.17) is 10.5 Å². The first-order valence-electron chi connectivity index (χ1n) is 10.9. The molecule has 3 N–H and O–H groups in total. The lowest BCUT2D eigenvalue weighted by Gasteiger charge is -2.40. The number of halogens is 1. The van der Waals surface area contributed by atoms with Crippen LogP contribution >= 0.6 is 0 Å². The number of carbonyl (C=O) groups excluding carboxylic acids is 1. The van der Waals surface area contributed by atoms with E-state index in [1.54, 1.807) is 44.4 Å². The number of benzene rings is 1. The highest BCUT2D eigenvalue weighted by Gasteiger charge is 2.33. The van der Waals surface area contributed by atoms with Crippen molar-refractivity contribution in [3.05, 3.63) is 53.6 Å². The largest absolute Gasteiger partial charge is 0.383 e. The summed E-state index contributed by atoms with van der Waals surface area (Å²) in [6.45, 7) is 5.18. The molecule has 0 bridgehead atoms. The van der Waals surface area contributed by atoms with Crippen LogP contribution in [0.25, 0.3) is 0 Å². The molecule has 1 saturated heterocycles. The lowest BCUT2D eigenvalue weighted by Crippen LogP contribution is -2.56. The Labute approximate surface area is 194 Å². The summed E-state index contributed by atoms with van der Waals surface area (Å²) in [4.78, 5) is 15.3. The predicted molar refractivity (Wildman–Crippen MR) is 125 cm³/mol. The third-order valence-electron chi connectivity index (χ3n) is 5.95. The van der Waals surface area contributed by atoms with E-state index in [2.05, 4.69) is 5.32 Å². The van der Waals surface area contributed by atoms with Crippen molar-refractivity contribution in [2.24, 2.45) is 5.73 Å². The van der Waals surface area contributed by atoms with Gasteiger partial charge in [0, 0.05) is 44.9 Å². The van der Waals surface area contributed by atoms with E-state index in [0.29, 0.717) is 44.2 Å². The molecule has 0 aliphatic carbocycles. The fraction of sp³-hybridized carbons (Fsp3) is 0.500. The minimum Gasteiger partial charge on any atom is -0.383 e. The van der Waals surface area contributed by atoms with Gasteiger partial charge in [0.25, 0.3) is 0 Å². The van der Waals surface area contributed by atoms with E-state index < -0.39 is 21.9 Å². The van der Waals surface area contributed by atoms with E-state index in [0.717, 1.165) is 0 Å². The smallest absolute Gasteiger partial charge is 0.320 e. The van der Waals surface area contributed by atoms with Crippen molar-refractivity contribution in [1.29, 1.82) is 0 Å². The number of amides is 2. The van der Waals surface area contributed by atoms with Gasteiger partial charge in [-0.2, -0.15) is 4.31 Å². The van der Waals surface area contributed by atoms with Crippen molar-refractivity contribution < 1.29 is 22.3 Å². The Balaban J connectivity index is 1.78. The minimum atomic E-state index is -3.30. The molecule has 2 aliphatic heterocycles. The highest BCUT2D eigenvalue weighted by Crippen LogP contribution is 2.25. The number of methoxy groups -OCH3 is 1. The highest BCUT2D eigenvalue weighted by molar-refractivity contribution is 7.89. The summed E-state index contributed by atoms with van der Waals surface area (Å²) in [7, 11) is -1.74. The van der Waals surface area contributed by atoms with Gasteiger partial charge in [0.2, 0.25) is 10.0 Å². The van der Waals surface area contributed by atoms with Gasteiger partial charge in [-0.3, -0.25) is 9.80 Å². The van der Waals surface area contributed by atoms with Crippen LogP contribution in [-0.2, 0) is 21.3 Å². The maximum atomic E-state index is 15.4. The van der Waals surface area contributed by atoms with Crippen LogP contribution in [0.15, 0.2) is 42.2 Å². The van der Waals surface area contributed by atoms with Crippen LogP contribution in [0.2, 0.25) is 0 Å². The second-order valence-electron chi connectivity index (χ2n) is 8.13. The number of piperazine rings is 1. The van der Waals surface area contributed by atoms with Crippen molar-refractivity contribution in [3.63, 3.8) is 0 Å². The Hall–Kier alpha value is -2.47. The van der Waals surface area contributed by atoms with Crippen LogP contribution in [0.5, 0.6) is 0 Å². The summed E-state index contributed by atoms with van der Waals surface area (Å²) in [6.07, 6.45) is 5.27. The zero-order valence-electron chi connectivity index (χ0n) is 19.2. The van der Waals surface area contributed by atoms with Crippen LogP contribution in [0.1, 0.15) is 19.4 Å². The summed E-state index contributed by atoms with van der Waals surface area (Å²) in [5.41, 5.74) is 6.18. The Morgan fingerprint density at radius 2 is 2.09 bits per heavy atom. The van der Waals surface area contributed by atoms with E-state index in [9.17, 15) is 13.2 Å². The van der Waals surface area contributed by atoms with Gasteiger partial charge in [0.05, 0.1) is 24.1 Å². The number of allylic oxidation sites excluding steroid dienone is 2. The molecule has 0 saturated carbocycles. The van der Waals surface area contributed by atoms with Gasteiger partial charge in [-0.1, -0.05) is 24.3 Å². The quantitative estimate of drug-likeness (QED) is 0.587. The number of anilines is 1. The number of hydrogen-bond acceptors (Lipinski definition) is 6. The summed E-state index contributed by atoms with van der Waals surface area (Å²) >= 11 is 0. The van der Waals surface area contributed by atoms with Crippen LogP contribution in [0, 0.1) is 5.82 Å². The number of primary amides is 1. The van der Waals surface area contributed by atoms with Gasteiger partial charge >= 0.3 is 6.03 Å². The van der Waals surface area contributed by atoms with Gasteiger partial charge in [-0.15, -0.1) is 0 Å². The maximum Gasteiger partial charge on any atom is 0.320 e. The molecule has 33 heavy (non-hydrogen) atoms. The molecule has 2 heterocycles. The highest BCUT2D eigenvalue weighted by atomic mass is 32.2. The molecule has 2 amide bonds. The molecule has 9 nitrogen and oxygen atoms in total. The molecule has 2 atom stereocenters. The van der Waals surface area contributed by atoms with Crippen LogP contribution in [0.3, 0.4) is 0 Å². The topological polar surface area (TPSA) is 108 Å². The third kappa shape index (κ3) is 5.72. The molecule has 1 fully saturated rings. The van der Waals surface area contributed by atoms with Gasteiger partial charge in [-0.25, -0.2) is 17.6 Å². The molecule has 2 aliphatic rings. The number of sulfonamides is 1. The number of ether oxygens (including phenoxy) is 1. The number of rotatable bonds is 8. The molecule has 1 aromatic rings. The van der Waals surface area contributed by atoms with Gasteiger partial charge in [0.15, 0.2) is 5.82 Å². The minimum absolute atomic E-state index is 0.0427. The van der Waals surface area contributed by atoms with Crippen LogP contribution in [0.4, 0.5) is 14.9 Å². The molecule has 0 aromatic heterocycles. The fourth-order valence-electron chi connectivity index (χ4n) is 4.13. The average Bonchev–Trinajstić information content (AvgIpc) is 2.77. The van der Waals surface area contributed by atoms with E-state index in [-0.39, 0.29) is 23.5 Å². The third-order valence-corrected chi connectivity index (χ3v) is 7.80. The Morgan fingerprint density at radius 1 is 1.33 bits per heavy atom. The zero-order chi connectivity index (χ0) is 24.2. The maximum absolute atomic E-state index is 15.4. The second-order valence-corrected chi connectivity index (χ2v) is 10.4. The molecule has 1 aromatic carbocycles. The van der Waals surface area contributed by atoms with Gasteiger partial charge < -0.3 is 15.8 Å². The molecular formula is C22H32FN5O4S. The van der Waals surface area contributed by atoms with Crippen molar-refractivity contribution in [2.45, 2.75) is 32.5 Å². The lowest BCUT2D eigenvalue weighted by molar-refractivity contribution is 0.0451. The van der Waals surface area contributed by atoms with E-state index in [1.807, 2.05) is 17.9 Å². The molecule has 0 spiro atoms. The molecule has 11 heteroatoms. The Kier molecular flexibility index (Phi) is 8.11. The number of urea groups is 1. The van der Waals surface area contributed by atoms with Crippen molar-refractivity contribution in [2.75, 3.05) is 44.4 Å². The molecule has 1 unspecified atom stereocenters. The number of carbonyl (C=O) groups is 1. The standard InChI is InChI=1S/C22H32FN5O4S/c1-4-33(30,31)27-12-11-26(18(14-27)15-32-3)13-17-8-6-9-19(21(17)23)25-20-10-5-7-16(2)28(20)22(24)29/h5-10,16,18,25H,4,11-15H2,1-3H3,(H2,24,29)/t16?,18-/m1/s1. The Bertz CT molecular complexity index is 1030. The number of nitrogens with zero attached hydrogens (tertiary/aromatic N) is 3. The normalized spacial score (nSPS) is 22.3. The first kappa shape index (κ1) is 25.2. The van der Waals surface area contributed by atoms with Crippen LogP contribution < -0.4 is 11.1 Å². The van der Waals surface area contributed by atoms with E-state index in [1.165, 1.54) is 9.21 Å². The summed E-state index contributed by atoms with van der Waals surface area (Å²) < 4.78 is 46.8. The van der Waals surface area contributed by atoms with Gasteiger partial charge in [0.1, 0.15) is 5.82 Å². The molecular weight excluding hydrogens is 449 g/mol. The van der Waals surface area contributed by atoms with Gasteiger partial charge in [-0.05, 0) is 26.0 Å². The Morgan fingerprint density at radius 3 is 2.76 bits per heavy atom. The zero-order valence-corrected chi connectivity index (χ0v) is 20.0. The first-order chi connectivity index (χ1) is 15.7. The SMILES string of the molecule is CCS(=O)(=O)N1CCN(Cc2cccc(NC3=CC=CC(C)N3C(N)=O)c2F)[C@@H](COC)C1. The summed E-state index contributed by atoms with van der Waals surface area (Å²) in [5.74, 6) is -0.00454. The second kappa shape index (κ2) is 10.6. The van der Waals surface area contributed by atoms with Crippen molar-refractivity contribution >= 4 is 21.7 Å². The fourth-order valence-corrected chi connectivity index (χ4v) is 5.25. The number of nitrogens with one attached hydrogen (secondary N) is 1. The van der Waals surface area contributed by atoms with E-state index >= 15 is 4.39 Å². The monoisotopic (exact) mass is 481 g/mol. The predicted octanol–water partition coefficient (Wildman–Crippen LogP) is 1.90. The number of nitrogens with two attached hydrogens (primary N) is 1. The summed E-state index contributed by atoms with van der Waals surface area (Å²) in [6, 6.07) is 3.94. The van der Waals surface area contributed by atoms with Crippen molar-refractivity contribution in [1.82, 2.24) is 14.1 Å². The van der Waals surface area contributed by atoms with Crippen LogP contribution in [-0.4, -0.2) is 79.7 Å². The first-order valence-corrected chi connectivity index (χ1v) is 12.5.